The topological polar surface area (TPSA) is 38.5 Å². The van der Waals surface area contributed by atoms with Crippen molar-refractivity contribution in [3.05, 3.63) is 18.2 Å². The number of hydrogen-bond acceptors (Lipinski definition) is 3. The Kier molecular flexibility index (Phi) is 2.95. The Hall–Kier alpha value is -1.38. The third-order valence-corrected chi connectivity index (χ3v) is 3.07. The molecule has 0 fully saturated rings. The van der Waals surface area contributed by atoms with Crippen LogP contribution in [-0.2, 0) is 0 Å². The number of nitrogens with two attached hydrogens (primary N) is 1. The number of nitrogen functional groups attached to an aromatic ring is 1. The van der Waals surface area contributed by atoms with Gasteiger partial charge in [0, 0.05) is 17.8 Å². The molecule has 1 heterocycles. The van der Waals surface area contributed by atoms with Crippen molar-refractivity contribution >= 4 is 11.4 Å². The van der Waals surface area contributed by atoms with Crippen LogP contribution in [0.1, 0.15) is 27.2 Å². The van der Waals surface area contributed by atoms with E-state index >= 15 is 0 Å². The first kappa shape index (κ1) is 11.1. The lowest BCUT2D eigenvalue weighted by molar-refractivity contribution is 0.186. The number of fused-ring (bicyclic) bond motifs is 1. The monoisotopic (exact) mass is 220 g/mol. The van der Waals surface area contributed by atoms with Gasteiger partial charge in [-0.1, -0.05) is 6.92 Å². The van der Waals surface area contributed by atoms with E-state index in [1.165, 1.54) is 0 Å². The van der Waals surface area contributed by atoms with Gasteiger partial charge in [-0.3, -0.25) is 0 Å². The van der Waals surface area contributed by atoms with Crippen LogP contribution in [0.3, 0.4) is 0 Å². The first-order chi connectivity index (χ1) is 7.61. The Bertz CT molecular complexity index is 376. The summed E-state index contributed by atoms with van der Waals surface area (Å²) in [7, 11) is 0. The molecule has 1 atom stereocenters. The summed E-state index contributed by atoms with van der Waals surface area (Å²) in [4.78, 5) is 2.38. The molecule has 3 heteroatoms. The fraction of sp³-hybridized carbons (Fsp3) is 0.538. The van der Waals surface area contributed by atoms with Gasteiger partial charge in [0.2, 0.25) is 0 Å². The molecular formula is C13H20N2O. The number of benzene rings is 1. The highest BCUT2D eigenvalue weighted by Crippen LogP contribution is 2.36. The predicted molar refractivity (Wildman–Crippen MR) is 68.0 cm³/mol. The highest BCUT2D eigenvalue weighted by Gasteiger charge is 2.26. The van der Waals surface area contributed by atoms with Crippen molar-refractivity contribution in [2.24, 2.45) is 0 Å². The Balaban J connectivity index is 2.38. The molecule has 2 rings (SSSR count). The molecule has 1 aliphatic rings. The van der Waals surface area contributed by atoms with Gasteiger partial charge >= 0.3 is 0 Å². The SMILES string of the molecule is CCC1CN(C(C)C)c2ccc(N)cc2O1. The summed E-state index contributed by atoms with van der Waals surface area (Å²) in [6.45, 7) is 7.53. The summed E-state index contributed by atoms with van der Waals surface area (Å²) in [5.41, 5.74) is 7.72. The molecule has 0 saturated heterocycles. The lowest BCUT2D eigenvalue weighted by Crippen LogP contribution is -2.43. The van der Waals surface area contributed by atoms with Crippen LogP contribution < -0.4 is 15.4 Å². The van der Waals surface area contributed by atoms with Crippen LogP contribution in [0.5, 0.6) is 5.75 Å². The van der Waals surface area contributed by atoms with Crippen molar-refractivity contribution in [2.45, 2.75) is 39.3 Å². The average molecular weight is 220 g/mol. The number of rotatable bonds is 2. The fourth-order valence-corrected chi connectivity index (χ4v) is 2.10. The normalized spacial score (nSPS) is 19.5. The quantitative estimate of drug-likeness (QED) is 0.779. The van der Waals surface area contributed by atoms with Crippen LogP contribution in [0.25, 0.3) is 0 Å². The van der Waals surface area contributed by atoms with Gasteiger partial charge in [0.25, 0.3) is 0 Å². The summed E-state index contributed by atoms with van der Waals surface area (Å²) in [5, 5.41) is 0. The maximum Gasteiger partial charge on any atom is 0.145 e. The van der Waals surface area contributed by atoms with Gasteiger partial charge in [0.15, 0.2) is 0 Å². The first-order valence-corrected chi connectivity index (χ1v) is 5.94. The van der Waals surface area contributed by atoms with Crippen LogP contribution >= 0.6 is 0 Å². The smallest absolute Gasteiger partial charge is 0.145 e. The standard InChI is InChI=1S/C13H20N2O/c1-4-11-8-15(9(2)3)12-6-5-10(14)7-13(12)16-11/h5-7,9,11H,4,8,14H2,1-3H3. The lowest BCUT2D eigenvalue weighted by Gasteiger charge is -2.38. The van der Waals surface area contributed by atoms with E-state index < -0.39 is 0 Å². The van der Waals surface area contributed by atoms with E-state index in [1.54, 1.807) is 0 Å². The fourth-order valence-electron chi connectivity index (χ4n) is 2.10. The third-order valence-electron chi connectivity index (χ3n) is 3.07. The number of ether oxygens (including phenoxy) is 1. The molecule has 0 spiro atoms. The summed E-state index contributed by atoms with van der Waals surface area (Å²) >= 11 is 0. The minimum atomic E-state index is 0.275. The number of nitrogens with zero attached hydrogens (tertiary/aromatic N) is 1. The van der Waals surface area contributed by atoms with E-state index in [-0.39, 0.29) is 6.10 Å². The summed E-state index contributed by atoms with van der Waals surface area (Å²) in [6.07, 6.45) is 1.30. The number of hydrogen-bond donors (Lipinski definition) is 1. The Labute approximate surface area is 97.2 Å². The molecule has 1 aromatic rings. The van der Waals surface area contributed by atoms with Gasteiger partial charge in [-0.15, -0.1) is 0 Å². The molecule has 1 unspecified atom stereocenters. The van der Waals surface area contributed by atoms with Gasteiger partial charge in [0.1, 0.15) is 11.9 Å². The Morgan fingerprint density at radius 1 is 1.50 bits per heavy atom. The maximum atomic E-state index is 5.92. The molecule has 0 saturated carbocycles. The Morgan fingerprint density at radius 3 is 2.88 bits per heavy atom. The number of anilines is 2. The molecule has 16 heavy (non-hydrogen) atoms. The molecule has 0 radical (unpaired) electrons. The van der Waals surface area contributed by atoms with Crippen LogP contribution in [0.4, 0.5) is 11.4 Å². The van der Waals surface area contributed by atoms with Crippen LogP contribution in [-0.4, -0.2) is 18.7 Å². The van der Waals surface area contributed by atoms with E-state index in [1.807, 2.05) is 12.1 Å². The van der Waals surface area contributed by atoms with E-state index in [0.717, 1.165) is 30.1 Å². The second-order valence-electron chi connectivity index (χ2n) is 4.62. The third kappa shape index (κ3) is 1.94. The van der Waals surface area contributed by atoms with Crippen molar-refractivity contribution in [1.29, 1.82) is 0 Å². The molecule has 0 amide bonds. The van der Waals surface area contributed by atoms with E-state index in [9.17, 15) is 0 Å². The van der Waals surface area contributed by atoms with Gasteiger partial charge in [0.05, 0.1) is 12.2 Å². The highest BCUT2D eigenvalue weighted by atomic mass is 16.5. The van der Waals surface area contributed by atoms with E-state index in [4.69, 9.17) is 10.5 Å². The van der Waals surface area contributed by atoms with Crippen LogP contribution in [0.2, 0.25) is 0 Å². The molecule has 88 valence electrons. The largest absolute Gasteiger partial charge is 0.486 e. The molecule has 0 bridgehead atoms. The molecule has 1 aromatic carbocycles. The zero-order valence-corrected chi connectivity index (χ0v) is 10.2. The van der Waals surface area contributed by atoms with Crippen molar-refractivity contribution < 1.29 is 4.74 Å². The lowest BCUT2D eigenvalue weighted by atomic mass is 10.1. The molecular weight excluding hydrogens is 200 g/mol. The second-order valence-corrected chi connectivity index (χ2v) is 4.62. The van der Waals surface area contributed by atoms with Gasteiger partial charge in [-0.2, -0.15) is 0 Å². The van der Waals surface area contributed by atoms with Crippen molar-refractivity contribution in [3.63, 3.8) is 0 Å². The molecule has 3 nitrogen and oxygen atoms in total. The second kappa shape index (κ2) is 4.24. The van der Waals surface area contributed by atoms with Gasteiger partial charge < -0.3 is 15.4 Å². The summed E-state index contributed by atoms with van der Waals surface area (Å²) < 4.78 is 5.92. The van der Waals surface area contributed by atoms with E-state index in [0.29, 0.717) is 6.04 Å². The zero-order chi connectivity index (χ0) is 11.7. The first-order valence-electron chi connectivity index (χ1n) is 5.94. The van der Waals surface area contributed by atoms with Crippen molar-refractivity contribution in [2.75, 3.05) is 17.2 Å². The summed E-state index contributed by atoms with van der Waals surface area (Å²) in [6, 6.07) is 6.40. The predicted octanol–water partition coefficient (Wildman–Crippen LogP) is 2.65. The van der Waals surface area contributed by atoms with Crippen LogP contribution in [0, 0.1) is 0 Å². The minimum absolute atomic E-state index is 0.275. The molecule has 0 aliphatic carbocycles. The molecule has 1 aliphatic heterocycles. The van der Waals surface area contributed by atoms with Gasteiger partial charge in [-0.05, 0) is 32.4 Å². The highest BCUT2D eigenvalue weighted by molar-refractivity contribution is 5.65. The van der Waals surface area contributed by atoms with Crippen molar-refractivity contribution in [1.82, 2.24) is 0 Å². The Morgan fingerprint density at radius 2 is 2.25 bits per heavy atom. The molecule has 0 aromatic heterocycles. The molecule has 2 N–H and O–H groups in total. The zero-order valence-electron chi connectivity index (χ0n) is 10.2. The summed E-state index contributed by atoms with van der Waals surface area (Å²) in [5.74, 6) is 0.923. The minimum Gasteiger partial charge on any atom is -0.486 e. The maximum absolute atomic E-state index is 5.92. The van der Waals surface area contributed by atoms with Crippen LogP contribution in [0.15, 0.2) is 18.2 Å². The van der Waals surface area contributed by atoms with E-state index in [2.05, 4.69) is 31.7 Å². The van der Waals surface area contributed by atoms with Gasteiger partial charge in [-0.25, -0.2) is 0 Å². The average Bonchev–Trinajstić information content (AvgIpc) is 2.26. The van der Waals surface area contributed by atoms with Crippen molar-refractivity contribution in [3.8, 4) is 5.75 Å².